The molecule has 2 aromatic carbocycles. The Bertz CT molecular complexity index is 1250. The fourth-order valence-corrected chi connectivity index (χ4v) is 3.17. The van der Waals surface area contributed by atoms with Gasteiger partial charge in [0.2, 0.25) is 0 Å². The van der Waals surface area contributed by atoms with Gasteiger partial charge in [0.15, 0.2) is 0 Å². The van der Waals surface area contributed by atoms with E-state index in [1.807, 2.05) is 37.3 Å². The van der Waals surface area contributed by atoms with Gasteiger partial charge >= 0.3 is 6.03 Å². The molecule has 168 valence electrons. The van der Waals surface area contributed by atoms with Crippen molar-refractivity contribution < 1.29 is 9.53 Å². The Labute approximate surface area is 192 Å². The van der Waals surface area contributed by atoms with Crippen molar-refractivity contribution in [3.63, 3.8) is 0 Å². The van der Waals surface area contributed by atoms with Crippen LogP contribution in [0.1, 0.15) is 31.0 Å². The largest absolute Gasteiger partial charge is 0.457 e. The molecule has 2 heterocycles. The molecule has 8 heteroatoms. The molecule has 8 nitrogen and oxygen atoms in total. The Morgan fingerprint density at radius 1 is 0.970 bits per heavy atom. The first-order valence-electron chi connectivity index (χ1n) is 10.6. The highest BCUT2D eigenvalue weighted by Crippen LogP contribution is 2.25. The lowest BCUT2D eigenvalue weighted by molar-refractivity contribution is 0.262. The minimum Gasteiger partial charge on any atom is -0.457 e. The summed E-state index contributed by atoms with van der Waals surface area (Å²) in [5, 5.41) is 10.4. The van der Waals surface area contributed by atoms with Crippen molar-refractivity contribution in [3.8, 4) is 17.2 Å². The number of rotatable bonds is 6. The number of carbonyl (C=O) groups is 1. The number of hydrogen-bond donors (Lipinski definition) is 3. The second-order valence-electron chi connectivity index (χ2n) is 7.98. The van der Waals surface area contributed by atoms with E-state index in [1.165, 1.54) is 0 Å². The topological polar surface area (TPSA) is 107 Å². The van der Waals surface area contributed by atoms with E-state index in [2.05, 4.69) is 34.6 Å². The highest BCUT2D eigenvalue weighted by molar-refractivity contribution is 5.99. The molecule has 0 bridgehead atoms. The van der Waals surface area contributed by atoms with Gasteiger partial charge in [-0.05, 0) is 55.3 Å². The van der Waals surface area contributed by atoms with Gasteiger partial charge in [0.05, 0.1) is 11.4 Å². The van der Waals surface area contributed by atoms with Crippen molar-refractivity contribution in [1.29, 1.82) is 0 Å². The first kappa shape index (κ1) is 21.9. The van der Waals surface area contributed by atoms with Crippen LogP contribution in [-0.2, 0) is 0 Å². The van der Waals surface area contributed by atoms with Gasteiger partial charge in [-0.3, -0.25) is 5.32 Å². The zero-order valence-corrected chi connectivity index (χ0v) is 18.7. The molecule has 33 heavy (non-hydrogen) atoms. The number of aromatic nitrogens is 3. The number of hydrogen-bond acceptors (Lipinski definition) is 5. The number of anilines is 3. The summed E-state index contributed by atoms with van der Waals surface area (Å²) in [5.41, 5.74) is 9.22. The summed E-state index contributed by atoms with van der Waals surface area (Å²) in [4.78, 5) is 16.6. The molecular formula is C25H26N6O2. The monoisotopic (exact) mass is 442 g/mol. The van der Waals surface area contributed by atoms with Gasteiger partial charge in [-0.15, -0.1) is 0 Å². The third-order valence-electron chi connectivity index (χ3n) is 4.94. The molecule has 0 spiro atoms. The van der Waals surface area contributed by atoms with E-state index < -0.39 is 0 Å². The van der Waals surface area contributed by atoms with E-state index >= 15 is 0 Å². The molecule has 0 radical (unpaired) electrons. The highest BCUT2D eigenvalue weighted by Gasteiger charge is 2.14. The summed E-state index contributed by atoms with van der Waals surface area (Å²) < 4.78 is 7.49. The summed E-state index contributed by atoms with van der Waals surface area (Å²) >= 11 is 0. The molecule has 0 saturated carbocycles. The number of nitrogen functional groups attached to an aromatic ring is 1. The van der Waals surface area contributed by atoms with Gasteiger partial charge in [-0.2, -0.15) is 5.10 Å². The van der Waals surface area contributed by atoms with Crippen LogP contribution in [0.3, 0.4) is 0 Å². The Morgan fingerprint density at radius 2 is 1.70 bits per heavy atom. The Kier molecular flexibility index (Phi) is 6.26. The standard InChI is InChI=1S/C25H26N6O2/c1-16(2)22-15-24(31(30-22)19-8-4-17(3)5-9-19)29-25(32)28-18-6-10-20(11-7-18)33-21-12-13-27-23(26)14-21/h4-16H,1-3H3,(H2,26,27)(H2,28,29,32). The van der Waals surface area contributed by atoms with Gasteiger partial charge in [-0.1, -0.05) is 31.5 Å². The van der Waals surface area contributed by atoms with Crippen LogP contribution in [0, 0.1) is 6.92 Å². The van der Waals surface area contributed by atoms with Crippen LogP contribution in [-0.4, -0.2) is 20.8 Å². The summed E-state index contributed by atoms with van der Waals surface area (Å²) in [6.07, 6.45) is 1.58. The van der Waals surface area contributed by atoms with E-state index in [1.54, 1.807) is 47.3 Å². The first-order valence-corrected chi connectivity index (χ1v) is 10.6. The lowest BCUT2D eigenvalue weighted by Gasteiger charge is -2.11. The van der Waals surface area contributed by atoms with Gasteiger partial charge in [0, 0.05) is 24.0 Å². The predicted octanol–water partition coefficient (Wildman–Crippen LogP) is 5.72. The number of ether oxygens (including phenoxy) is 1. The van der Waals surface area contributed by atoms with Crippen LogP contribution in [0.25, 0.3) is 5.69 Å². The van der Waals surface area contributed by atoms with Crippen LogP contribution in [0.4, 0.5) is 22.1 Å². The maximum Gasteiger partial charge on any atom is 0.324 e. The number of aryl methyl sites for hydroxylation is 1. The molecule has 2 amide bonds. The van der Waals surface area contributed by atoms with Crippen LogP contribution in [0.5, 0.6) is 11.5 Å². The zero-order chi connectivity index (χ0) is 23.4. The fourth-order valence-electron chi connectivity index (χ4n) is 3.17. The molecule has 4 rings (SSSR count). The van der Waals surface area contributed by atoms with E-state index in [0.717, 1.165) is 16.9 Å². The normalized spacial score (nSPS) is 10.8. The van der Waals surface area contributed by atoms with Crippen LogP contribution in [0.15, 0.2) is 72.9 Å². The third-order valence-corrected chi connectivity index (χ3v) is 4.94. The molecule has 0 saturated heterocycles. The van der Waals surface area contributed by atoms with Crippen molar-refractivity contribution in [2.75, 3.05) is 16.4 Å². The Morgan fingerprint density at radius 3 is 2.36 bits per heavy atom. The van der Waals surface area contributed by atoms with Crippen molar-refractivity contribution in [1.82, 2.24) is 14.8 Å². The minimum absolute atomic E-state index is 0.226. The second-order valence-corrected chi connectivity index (χ2v) is 7.98. The van der Waals surface area contributed by atoms with Crippen molar-refractivity contribution in [2.24, 2.45) is 0 Å². The maximum absolute atomic E-state index is 12.7. The Balaban J connectivity index is 1.45. The van der Waals surface area contributed by atoms with E-state index in [0.29, 0.717) is 28.8 Å². The smallest absolute Gasteiger partial charge is 0.324 e. The van der Waals surface area contributed by atoms with E-state index in [4.69, 9.17) is 10.5 Å². The Hall–Kier alpha value is -4.33. The van der Waals surface area contributed by atoms with Gasteiger partial charge in [0.25, 0.3) is 0 Å². The highest BCUT2D eigenvalue weighted by atomic mass is 16.5. The van der Waals surface area contributed by atoms with E-state index in [-0.39, 0.29) is 11.9 Å². The second kappa shape index (κ2) is 9.44. The van der Waals surface area contributed by atoms with Crippen molar-refractivity contribution >= 4 is 23.4 Å². The van der Waals surface area contributed by atoms with Gasteiger partial charge in [0.1, 0.15) is 23.1 Å². The molecule has 4 aromatic rings. The minimum atomic E-state index is -0.367. The number of carbonyl (C=O) groups excluding carboxylic acids is 1. The molecule has 4 N–H and O–H groups in total. The first-order chi connectivity index (χ1) is 15.9. The van der Waals surface area contributed by atoms with Crippen molar-refractivity contribution in [3.05, 3.63) is 84.2 Å². The average molecular weight is 443 g/mol. The molecule has 2 aromatic heterocycles. The summed E-state index contributed by atoms with van der Waals surface area (Å²) in [7, 11) is 0. The summed E-state index contributed by atoms with van der Waals surface area (Å²) in [6.45, 7) is 6.16. The summed E-state index contributed by atoms with van der Waals surface area (Å²) in [5.74, 6) is 2.41. The van der Waals surface area contributed by atoms with Crippen LogP contribution >= 0.6 is 0 Å². The van der Waals surface area contributed by atoms with Gasteiger partial charge in [-0.25, -0.2) is 14.5 Å². The summed E-state index contributed by atoms with van der Waals surface area (Å²) in [6, 6.07) is 19.9. The quantitative estimate of drug-likeness (QED) is 0.354. The number of benzene rings is 2. The number of pyridine rings is 1. The van der Waals surface area contributed by atoms with Crippen molar-refractivity contribution in [2.45, 2.75) is 26.7 Å². The number of nitrogens with one attached hydrogen (secondary N) is 2. The average Bonchev–Trinajstić information content (AvgIpc) is 3.20. The van der Waals surface area contributed by atoms with E-state index in [9.17, 15) is 4.79 Å². The maximum atomic E-state index is 12.7. The van der Waals surface area contributed by atoms with Crippen LogP contribution in [0.2, 0.25) is 0 Å². The lowest BCUT2D eigenvalue weighted by atomic mass is 10.1. The zero-order valence-electron chi connectivity index (χ0n) is 18.7. The lowest BCUT2D eigenvalue weighted by Crippen LogP contribution is -2.21. The van der Waals surface area contributed by atoms with Crippen LogP contribution < -0.4 is 21.1 Å². The molecule has 0 fully saturated rings. The number of nitrogens with zero attached hydrogens (tertiary/aromatic N) is 3. The molecule has 0 aliphatic rings. The third kappa shape index (κ3) is 5.48. The number of amides is 2. The molecule has 0 aliphatic carbocycles. The molecule has 0 atom stereocenters. The van der Waals surface area contributed by atoms with Gasteiger partial charge < -0.3 is 15.8 Å². The molecule has 0 unspecified atom stereocenters. The fraction of sp³-hybridized carbons (Fsp3) is 0.160. The SMILES string of the molecule is Cc1ccc(-n2nc(C(C)C)cc2NC(=O)Nc2ccc(Oc3ccnc(N)c3)cc2)cc1. The predicted molar refractivity (Wildman–Crippen MR) is 130 cm³/mol. The molecular weight excluding hydrogens is 416 g/mol. The number of nitrogens with two attached hydrogens (primary N) is 1. The number of urea groups is 1. The molecule has 0 aliphatic heterocycles.